The monoisotopic (exact) mass is 501 g/mol. The number of carbonyl (C=O) groups excluding carboxylic acids is 1. The van der Waals surface area contributed by atoms with Crippen LogP contribution >= 0.6 is 11.8 Å². The molecule has 9 nitrogen and oxygen atoms in total. The lowest BCUT2D eigenvalue weighted by molar-refractivity contribution is -0.115. The summed E-state index contributed by atoms with van der Waals surface area (Å²) in [5, 5.41) is 8.97. The third-order valence-corrected chi connectivity index (χ3v) is 7.25. The van der Waals surface area contributed by atoms with Gasteiger partial charge in [-0.05, 0) is 37.6 Å². The molecule has 36 heavy (non-hydrogen) atoms. The first-order valence-electron chi connectivity index (χ1n) is 11.8. The molecule has 0 aliphatic rings. The molecule has 3 aromatic heterocycles. The van der Waals surface area contributed by atoms with Gasteiger partial charge in [-0.1, -0.05) is 36.9 Å². The molecule has 3 heterocycles. The topological polar surface area (TPSA) is 99.2 Å². The van der Waals surface area contributed by atoms with Crippen molar-refractivity contribution in [2.24, 2.45) is 0 Å². The van der Waals surface area contributed by atoms with Crippen molar-refractivity contribution in [1.29, 1.82) is 0 Å². The zero-order valence-corrected chi connectivity index (χ0v) is 21.2. The van der Waals surface area contributed by atoms with Gasteiger partial charge in [-0.25, -0.2) is 15.0 Å². The number of methoxy groups -OCH3 is 1. The van der Waals surface area contributed by atoms with Crippen LogP contribution in [-0.2, 0) is 17.8 Å². The maximum absolute atomic E-state index is 13.2. The Balaban J connectivity index is 1.44. The number of amides is 1. The lowest BCUT2D eigenvalue weighted by atomic mass is 10.2. The first kappa shape index (κ1) is 23.8. The highest BCUT2D eigenvalue weighted by atomic mass is 32.2. The molecule has 0 aliphatic carbocycles. The summed E-state index contributed by atoms with van der Waals surface area (Å²) in [7, 11) is 1.60. The molecule has 0 spiro atoms. The fourth-order valence-corrected chi connectivity index (χ4v) is 4.94. The number of fused-ring (bicyclic) bond motifs is 3. The molecular formula is C26H27N7O2S. The number of carbonyl (C=O) groups is 1. The third kappa shape index (κ3) is 4.90. The van der Waals surface area contributed by atoms with Crippen molar-refractivity contribution < 1.29 is 9.53 Å². The van der Waals surface area contributed by atoms with Crippen LogP contribution in [0.2, 0.25) is 0 Å². The minimum atomic E-state index is -0.366. The van der Waals surface area contributed by atoms with E-state index < -0.39 is 0 Å². The van der Waals surface area contributed by atoms with Crippen molar-refractivity contribution >= 4 is 39.9 Å². The van der Waals surface area contributed by atoms with Gasteiger partial charge in [0.2, 0.25) is 5.91 Å². The van der Waals surface area contributed by atoms with Gasteiger partial charge in [0.05, 0.1) is 24.2 Å². The minimum absolute atomic E-state index is 0.102. The van der Waals surface area contributed by atoms with Gasteiger partial charge in [0.1, 0.15) is 5.75 Å². The van der Waals surface area contributed by atoms with Crippen molar-refractivity contribution in [2.75, 3.05) is 12.4 Å². The first-order chi connectivity index (χ1) is 17.6. The van der Waals surface area contributed by atoms with Gasteiger partial charge >= 0.3 is 0 Å². The first-order valence-corrected chi connectivity index (χ1v) is 12.7. The Bertz CT molecular complexity index is 1530. The molecule has 0 radical (unpaired) electrons. The molecule has 5 aromatic rings. The quantitative estimate of drug-likeness (QED) is 0.234. The van der Waals surface area contributed by atoms with E-state index in [9.17, 15) is 4.79 Å². The normalized spacial score (nSPS) is 12.2. The summed E-state index contributed by atoms with van der Waals surface area (Å²) >= 11 is 1.39. The molecule has 0 fully saturated rings. The molecule has 5 rings (SSSR count). The van der Waals surface area contributed by atoms with E-state index in [0.29, 0.717) is 29.4 Å². The fourth-order valence-electron chi connectivity index (χ4n) is 3.97. The summed E-state index contributed by atoms with van der Waals surface area (Å²) in [6.07, 6.45) is 4.93. The SMILES string of the molecule is CC[C@@H](Sc1nc2ccccc2c2nc(CCn3cncc3C)nn12)C(=O)Nc1cccc(OC)c1. The van der Waals surface area contributed by atoms with Gasteiger partial charge in [-0.2, -0.15) is 4.52 Å². The van der Waals surface area contributed by atoms with Crippen molar-refractivity contribution in [1.82, 2.24) is 29.1 Å². The van der Waals surface area contributed by atoms with Crippen molar-refractivity contribution in [3.8, 4) is 5.75 Å². The van der Waals surface area contributed by atoms with E-state index in [1.165, 1.54) is 11.8 Å². The summed E-state index contributed by atoms with van der Waals surface area (Å²) in [5.41, 5.74) is 3.34. The van der Waals surface area contributed by atoms with Crippen LogP contribution in [0, 0.1) is 6.92 Å². The summed E-state index contributed by atoms with van der Waals surface area (Å²) in [5.74, 6) is 1.30. The summed E-state index contributed by atoms with van der Waals surface area (Å²) in [6, 6.07) is 15.2. The van der Waals surface area contributed by atoms with Gasteiger partial charge < -0.3 is 14.6 Å². The number of imidazole rings is 1. The minimum Gasteiger partial charge on any atom is -0.497 e. The Kier molecular flexibility index (Phi) is 6.86. The average Bonchev–Trinajstić information content (AvgIpc) is 3.52. The number of ether oxygens (including phenoxy) is 1. The standard InChI is InChI=1S/C26H27N7O2S/c1-4-22(25(34)28-18-8-7-9-19(14-18)35-3)36-26-29-21-11-6-5-10-20(21)24-30-23(31-33(24)26)12-13-32-16-27-15-17(32)2/h5-11,14-16,22H,4,12-13H2,1-3H3,(H,28,34)/t22-/m1/s1. The van der Waals surface area contributed by atoms with Gasteiger partial charge in [0, 0.05) is 42.0 Å². The predicted molar refractivity (Wildman–Crippen MR) is 141 cm³/mol. The smallest absolute Gasteiger partial charge is 0.237 e. The molecule has 2 aromatic carbocycles. The number of benzene rings is 2. The lowest BCUT2D eigenvalue weighted by Crippen LogP contribution is -2.25. The Morgan fingerprint density at radius 1 is 1.17 bits per heavy atom. The van der Waals surface area contributed by atoms with Crippen LogP contribution in [0.3, 0.4) is 0 Å². The molecule has 10 heteroatoms. The van der Waals surface area contributed by atoms with Gasteiger partial charge in [0.15, 0.2) is 16.6 Å². The van der Waals surface area contributed by atoms with Crippen LogP contribution < -0.4 is 10.1 Å². The molecule has 0 saturated heterocycles. The van der Waals surface area contributed by atoms with E-state index in [2.05, 4.69) is 14.9 Å². The van der Waals surface area contributed by atoms with Crippen LogP contribution in [-0.4, -0.2) is 47.4 Å². The van der Waals surface area contributed by atoms with Crippen LogP contribution in [0.1, 0.15) is 24.9 Å². The number of hydrogen-bond donors (Lipinski definition) is 1. The van der Waals surface area contributed by atoms with Gasteiger partial charge in [0.25, 0.3) is 0 Å². The summed E-state index contributed by atoms with van der Waals surface area (Å²) in [6.45, 7) is 4.75. The van der Waals surface area contributed by atoms with Crippen LogP contribution in [0.25, 0.3) is 16.6 Å². The van der Waals surface area contributed by atoms with E-state index in [0.717, 1.165) is 34.6 Å². The molecule has 0 saturated carbocycles. The van der Waals surface area contributed by atoms with E-state index in [-0.39, 0.29) is 11.2 Å². The second kappa shape index (κ2) is 10.4. The average molecular weight is 502 g/mol. The predicted octanol–water partition coefficient (Wildman–Crippen LogP) is 4.54. The zero-order chi connectivity index (χ0) is 25.1. The second-order valence-electron chi connectivity index (χ2n) is 8.39. The zero-order valence-electron chi connectivity index (χ0n) is 20.4. The van der Waals surface area contributed by atoms with E-state index in [1.54, 1.807) is 17.7 Å². The van der Waals surface area contributed by atoms with Crippen molar-refractivity contribution in [3.63, 3.8) is 0 Å². The highest BCUT2D eigenvalue weighted by Gasteiger charge is 2.23. The molecule has 1 atom stereocenters. The largest absolute Gasteiger partial charge is 0.497 e. The number of aryl methyl sites for hydroxylation is 3. The Labute approximate surface area is 212 Å². The lowest BCUT2D eigenvalue weighted by Gasteiger charge is -2.15. The Hall–Kier alpha value is -3.92. The molecule has 0 unspecified atom stereocenters. The maximum atomic E-state index is 13.2. The number of anilines is 1. The van der Waals surface area contributed by atoms with Crippen molar-refractivity contribution in [3.05, 3.63) is 72.6 Å². The molecular weight excluding hydrogens is 474 g/mol. The molecule has 0 bridgehead atoms. The highest BCUT2D eigenvalue weighted by Crippen LogP contribution is 2.29. The number of rotatable bonds is 9. The van der Waals surface area contributed by atoms with Gasteiger partial charge in [-0.3, -0.25) is 4.79 Å². The number of hydrogen-bond acceptors (Lipinski definition) is 7. The Morgan fingerprint density at radius 3 is 2.81 bits per heavy atom. The van der Waals surface area contributed by atoms with Gasteiger partial charge in [-0.15, -0.1) is 5.10 Å². The molecule has 0 aliphatic heterocycles. The number of nitrogens with one attached hydrogen (secondary N) is 1. The third-order valence-electron chi connectivity index (χ3n) is 5.94. The fraction of sp³-hybridized carbons (Fsp3) is 0.269. The summed E-state index contributed by atoms with van der Waals surface area (Å²) < 4.78 is 9.12. The van der Waals surface area contributed by atoms with E-state index >= 15 is 0 Å². The highest BCUT2D eigenvalue weighted by molar-refractivity contribution is 8.00. The van der Waals surface area contributed by atoms with E-state index in [4.69, 9.17) is 19.8 Å². The second-order valence-corrected chi connectivity index (χ2v) is 9.56. The number of aromatic nitrogens is 6. The molecule has 1 amide bonds. The summed E-state index contributed by atoms with van der Waals surface area (Å²) in [4.78, 5) is 27.1. The number of para-hydroxylation sites is 1. The van der Waals surface area contributed by atoms with E-state index in [1.807, 2.05) is 68.8 Å². The molecule has 184 valence electrons. The number of thioether (sulfide) groups is 1. The van der Waals surface area contributed by atoms with Crippen LogP contribution in [0.15, 0.2) is 66.2 Å². The van der Waals surface area contributed by atoms with Crippen LogP contribution in [0.5, 0.6) is 5.75 Å². The number of nitrogens with zero attached hydrogens (tertiary/aromatic N) is 6. The maximum Gasteiger partial charge on any atom is 0.237 e. The van der Waals surface area contributed by atoms with Crippen molar-refractivity contribution in [2.45, 2.75) is 43.6 Å². The molecule has 1 N–H and O–H groups in total. The van der Waals surface area contributed by atoms with Crippen LogP contribution in [0.4, 0.5) is 5.69 Å². The Morgan fingerprint density at radius 2 is 2.03 bits per heavy atom.